The zero-order valence-electron chi connectivity index (χ0n) is 12.6. The fourth-order valence-electron chi connectivity index (χ4n) is 1.46. The molecular formula is C15H27NO3. The molecule has 0 aliphatic rings. The normalized spacial score (nSPS) is 12.6. The van der Waals surface area contributed by atoms with E-state index in [0.29, 0.717) is 17.7 Å². The van der Waals surface area contributed by atoms with Crippen LogP contribution < -0.4 is 5.32 Å². The minimum absolute atomic E-state index is 0.0484. The summed E-state index contributed by atoms with van der Waals surface area (Å²) >= 11 is 0. The number of hydrogen-bond acceptors (Lipinski definition) is 4. The second kappa shape index (κ2) is 8.15. The molecule has 0 spiro atoms. The first-order chi connectivity index (χ1) is 8.83. The molecule has 0 heterocycles. The molecule has 19 heavy (non-hydrogen) atoms. The molecule has 4 heteroatoms. The average molecular weight is 269 g/mol. The molecule has 1 aromatic rings. The van der Waals surface area contributed by atoms with Crippen molar-refractivity contribution in [2.24, 2.45) is 0 Å². The summed E-state index contributed by atoms with van der Waals surface area (Å²) in [6.07, 6.45) is -0.653. The van der Waals surface area contributed by atoms with E-state index < -0.39 is 6.10 Å². The van der Waals surface area contributed by atoms with Gasteiger partial charge in [-0.25, -0.2) is 0 Å². The number of hydrogen-bond donors (Lipinski definition) is 4. The maximum atomic E-state index is 9.97. The van der Waals surface area contributed by atoms with Crippen LogP contribution >= 0.6 is 0 Å². The fraction of sp³-hybridized carbons (Fsp3) is 0.600. The van der Waals surface area contributed by atoms with Crippen LogP contribution in [0, 0.1) is 0 Å². The second-order valence-corrected chi connectivity index (χ2v) is 5.19. The smallest absolute Gasteiger partial charge is 0.121 e. The molecule has 0 saturated carbocycles. The van der Waals surface area contributed by atoms with Gasteiger partial charge in [0.25, 0.3) is 0 Å². The summed E-state index contributed by atoms with van der Waals surface area (Å²) in [5.41, 5.74) is 1.05. The van der Waals surface area contributed by atoms with Crippen molar-refractivity contribution in [2.75, 3.05) is 6.54 Å². The number of β-amino-alcohol motifs (C(OH)–C–C–N with tert-alkyl or cyclic N) is 1. The molecule has 0 aliphatic heterocycles. The standard InChI is InChI=1S/C13H21NO3.C2H6/c1-13(2,3)14-7-12(17)9-4-5-11(16)10(6-9)8-15;1-2/h4-6,12,14-17H,7-8H2,1-3H3;1-2H3. The van der Waals surface area contributed by atoms with E-state index >= 15 is 0 Å². The topological polar surface area (TPSA) is 72.7 Å². The molecule has 0 amide bonds. The molecule has 0 bridgehead atoms. The monoisotopic (exact) mass is 269 g/mol. The van der Waals surface area contributed by atoms with Gasteiger partial charge < -0.3 is 20.6 Å². The van der Waals surface area contributed by atoms with Crippen LogP contribution in [0.15, 0.2) is 18.2 Å². The molecule has 4 N–H and O–H groups in total. The summed E-state index contributed by atoms with van der Waals surface area (Å²) in [5, 5.41) is 31.6. The van der Waals surface area contributed by atoms with E-state index in [4.69, 9.17) is 5.11 Å². The minimum Gasteiger partial charge on any atom is -0.508 e. The van der Waals surface area contributed by atoms with Gasteiger partial charge in [0.15, 0.2) is 0 Å². The van der Waals surface area contributed by atoms with Crippen LogP contribution in [-0.4, -0.2) is 27.4 Å². The van der Waals surface area contributed by atoms with E-state index in [2.05, 4.69) is 5.32 Å². The maximum Gasteiger partial charge on any atom is 0.121 e. The van der Waals surface area contributed by atoms with Crippen LogP contribution in [-0.2, 0) is 6.61 Å². The number of phenols is 1. The van der Waals surface area contributed by atoms with Gasteiger partial charge in [0, 0.05) is 17.6 Å². The SMILES string of the molecule is CC.CC(C)(C)NCC(O)c1ccc(O)c(CO)c1. The van der Waals surface area contributed by atoms with Crippen molar-refractivity contribution in [3.8, 4) is 5.75 Å². The van der Waals surface area contributed by atoms with Gasteiger partial charge in [-0.1, -0.05) is 19.9 Å². The number of aliphatic hydroxyl groups excluding tert-OH is 2. The fourth-order valence-corrected chi connectivity index (χ4v) is 1.46. The van der Waals surface area contributed by atoms with E-state index in [1.165, 1.54) is 6.07 Å². The second-order valence-electron chi connectivity index (χ2n) is 5.19. The minimum atomic E-state index is -0.653. The first-order valence-electron chi connectivity index (χ1n) is 6.69. The van der Waals surface area contributed by atoms with Gasteiger partial charge in [0.2, 0.25) is 0 Å². The van der Waals surface area contributed by atoms with Crippen molar-refractivity contribution in [3.05, 3.63) is 29.3 Å². The van der Waals surface area contributed by atoms with Gasteiger partial charge in [-0.3, -0.25) is 0 Å². The Morgan fingerprint density at radius 2 is 1.79 bits per heavy atom. The average Bonchev–Trinajstić information content (AvgIpc) is 2.38. The highest BCUT2D eigenvalue weighted by molar-refractivity contribution is 5.36. The van der Waals surface area contributed by atoms with Crippen LogP contribution in [0.1, 0.15) is 51.8 Å². The van der Waals surface area contributed by atoms with E-state index in [1.807, 2.05) is 34.6 Å². The number of aliphatic hydroxyl groups is 2. The summed E-state index contributed by atoms with van der Waals surface area (Å²) in [5.74, 6) is 0.0484. The van der Waals surface area contributed by atoms with Gasteiger partial charge in [-0.2, -0.15) is 0 Å². The van der Waals surface area contributed by atoms with Gasteiger partial charge >= 0.3 is 0 Å². The van der Waals surface area contributed by atoms with Crippen LogP contribution in [0.3, 0.4) is 0 Å². The molecule has 110 valence electrons. The van der Waals surface area contributed by atoms with Gasteiger partial charge in [0.1, 0.15) is 5.75 Å². The number of benzene rings is 1. The summed E-state index contributed by atoms with van der Waals surface area (Å²) in [6, 6.07) is 4.76. The predicted octanol–water partition coefficient (Wildman–Crippen LogP) is 2.33. The Balaban J connectivity index is 0.00000154. The van der Waals surface area contributed by atoms with Crippen LogP contribution in [0.25, 0.3) is 0 Å². The highest BCUT2D eigenvalue weighted by atomic mass is 16.3. The molecule has 4 nitrogen and oxygen atoms in total. The Morgan fingerprint density at radius 1 is 1.21 bits per heavy atom. The summed E-state index contributed by atoms with van der Waals surface area (Å²) in [7, 11) is 0. The van der Waals surface area contributed by atoms with Crippen molar-refractivity contribution >= 4 is 0 Å². The van der Waals surface area contributed by atoms with Gasteiger partial charge in [0.05, 0.1) is 12.7 Å². The Bertz CT molecular complexity index is 372. The lowest BCUT2D eigenvalue weighted by Gasteiger charge is -2.23. The number of nitrogens with one attached hydrogen (secondary N) is 1. The summed E-state index contributed by atoms with van der Waals surface area (Å²) < 4.78 is 0. The third-order valence-electron chi connectivity index (χ3n) is 2.48. The molecule has 1 atom stereocenters. The Morgan fingerprint density at radius 3 is 2.26 bits per heavy atom. The molecular weight excluding hydrogens is 242 g/mol. The molecule has 0 radical (unpaired) electrons. The Hall–Kier alpha value is -1.10. The van der Waals surface area contributed by atoms with Gasteiger partial charge in [-0.15, -0.1) is 0 Å². The third kappa shape index (κ3) is 6.57. The molecule has 0 saturated heterocycles. The number of aromatic hydroxyl groups is 1. The Labute approximate surface area is 116 Å². The van der Waals surface area contributed by atoms with E-state index in [9.17, 15) is 10.2 Å². The van der Waals surface area contributed by atoms with E-state index in [-0.39, 0.29) is 17.9 Å². The van der Waals surface area contributed by atoms with Crippen molar-refractivity contribution < 1.29 is 15.3 Å². The molecule has 1 unspecified atom stereocenters. The molecule has 1 rings (SSSR count). The lowest BCUT2D eigenvalue weighted by atomic mass is 10.0. The molecule has 0 fully saturated rings. The Kier molecular flexibility index (Phi) is 7.68. The zero-order chi connectivity index (χ0) is 15.1. The van der Waals surface area contributed by atoms with E-state index in [0.717, 1.165) is 0 Å². The molecule has 1 aromatic carbocycles. The highest BCUT2D eigenvalue weighted by Crippen LogP contribution is 2.22. The maximum absolute atomic E-state index is 9.97. The predicted molar refractivity (Wildman–Crippen MR) is 78.1 cm³/mol. The van der Waals surface area contributed by atoms with Crippen molar-refractivity contribution in [3.63, 3.8) is 0 Å². The van der Waals surface area contributed by atoms with Crippen molar-refractivity contribution in [1.82, 2.24) is 5.32 Å². The lowest BCUT2D eigenvalue weighted by molar-refractivity contribution is 0.163. The summed E-state index contributed by atoms with van der Waals surface area (Å²) in [6.45, 7) is 10.3. The van der Waals surface area contributed by atoms with Crippen LogP contribution in [0.4, 0.5) is 0 Å². The third-order valence-corrected chi connectivity index (χ3v) is 2.48. The van der Waals surface area contributed by atoms with Crippen LogP contribution in [0.5, 0.6) is 5.75 Å². The molecule has 0 aliphatic carbocycles. The van der Waals surface area contributed by atoms with Crippen LogP contribution in [0.2, 0.25) is 0 Å². The zero-order valence-corrected chi connectivity index (χ0v) is 12.6. The summed E-state index contributed by atoms with van der Waals surface area (Å²) in [4.78, 5) is 0. The first-order valence-corrected chi connectivity index (χ1v) is 6.69. The largest absolute Gasteiger partial charge is 0.508 e. The van der Waals surface area contributed by atoms with Crippen molar-refractivity contribution in [2.45, 2.75) is 52.9 Å². The van der Waals surface area contributed by atoms with E-state index in [1.54, 1.807) is 12.1 Å². The van der Waals surface area contributed by atoms with Crippen molar-refractivity contribution in [1.29, 1.82) is 0 Å². The lowest BCUT2D eigenvalue weighted by Crippen LogP contribution is -2.38. The quantitative estimate of drug-likeness (QED) is 0.677. The first kappa shape index (κ1) is 17.9. The highest BCUT2D eigenvalue weighted by Gasteiger charge is 2.14. The molecule has 0 aromatic heterocycles. The number of rotatable bonds is 4. The van der Waals surface area contributed by atoms with Gasteiger partial charge in [-0.05, 0) is 38.5 Å².